The molecule has 18 heavy (non-hydrogen) atoms. The Hall–Kier alpha value is -2.04. The van der Waals surface area contributed by atoms with Gasteiger partial charge in [-0.1, -0.05) is 0 Å². The third kappa shape index (κ3) is 5.89. The molecular weight excluding hydrogens is 232 g/mol. The maximum Gasteiger partial charge on any atom is 0.221 e. The van der Waals surface area contributed by atoms with Gasteiger partial charge in [0.05, 0.1) is 6.61 Å². The molecule has 5 nitrogen and oxygen atoms in total. The molecule has 2 N–H and O–H groups in total. The van der Waals surface area contributed by atoms with Gasteiger partial charge in [-0.2, -0.15) is 0 Å². The molecular formula is C13H18N2O3. The lowest BCUT2D eigenvalue weighted by atomic mass is 10.3. The minimum absolute atomic E-state index is 0.0327. The first-order valence-corrected chi connectivity index (χ1v) is 5.83. The van der Waals surface area contributed by atoms with Crippen molar-refractivity contribution in [3.63, 3.8) is 0 Å². The Morgan fingerprint density at radius 2 is 1.78 bits per heavy atom. The molecule has 5 heteroatoms. The number of ether oxygens (including phenoxy) is 1. The Balaban J connectivity index is 2.26. The van der Waals surface area contributed by atoms with Crippen LogP contribution in [0.15, 0.2) is 24.3 Å². The number of carbonyl (C=O) groups is 2. The van der Waals surface area contributed by atoms with E-state index < -0.39 is 0 Å². The second-order valence-corrected chi connectivity index (χ2v) is 3.89. The molecule has 1 aromatic rings. The summed E-state index contributed by atoms with van der Waals surface area (Å²) in [7, 11) is 0. The average Bonchev–Trinajstić information content (AvgIpc) is 2.30. The predicted molar refractivity (Wildman–Crippen MR) is 69.5 cm³/mol. The Morgan fingerprint density at radius 1 is 1.11 bits per heavy atom. The number of anilines is 1. The first-order valence-electron chi connectivity index (χ1n) is 5.83. The zero-order valence-corrected chi connectivity index (χ0v) is 10.7. The first kappa shape index (κ1) is 14.0. The zero-order valence-electron chi connectivity index (χ0n) is 10.7. The summed E-state index contributed by atoms with van der Waals surface area (Å²) in [5.74, 6) is 0.612. The third-order valence-electron chi connectivity index (χ3n) is 2.14. The molecule has 0 radical (unpaired) electrons. The fraction of sp³-hybridized carbons (Fsp3) is 0.385. The molecule has 0 atom stereocenters. The Morgan fingerprint density at radius 3 is 2.33 bits per heavy atom. The van der Waals surface area contributed by atoms with Crippen molar-refractivity contribution < 1.29 is 14.3 Å². The molecule has 1 aromatic carbocycles. The lowest BCUT2D eigenvalue weighted by Gasteiger charge is -2.07. The van der Waals surface area contributed by atoms with Gasteiger partial charge in [-0.3, -0.25) is 9.59 Å². The lowest BCUT2D eigenvalue weighted by molar-refractivity contribution is -0.119. The van der Waals surface area contributed by atoms with Gasteiger partial charge < -0.3 is 15.4 Å². The van der Waals surface area contributed by atoms with Crippen LogP contribution in [0, 0.1) is 0 Å². The van der Waals surface area contributed by atoms with Gasteiger partial charge in [0.25, 0.3) is 0 Å². The van der Waals surface area contributed by atoms with Gasteiger partial charge in [-0.05, 0) is 30.7 Å². The smallest absolute Gasteiger partial charge is 0.221 e. The summed E-state index contributed by atoms with van der Waals surface area (Å²) in [6, 6.07) is 7.16. The first-order chi connectivity index (χ1) is 8.58. The van der Waals surface area contributed by atoms with Crippen molar-refractivity contribution in [1.82, 2.24) is 5.32 Å². The van der Waals surface area contributed by atoms with Crippen LogP contribution in [0.4, 0.5) is 5.69 Å². The lowest BCUT2D eigenvalue weighted by Crippen LogP contribution is -2.22. The molecule has 0 spiro atoms. The van der Waals surface area contributed by atoms with Crippen molar-refractivity contribution in [1.29, 1.82) is 0 Å². The van der Waals surface area contributed by atoms with Crippen LogP contribution in [-0.4, -0.2) is 25.0 Å². The zero-order chi connectivity index (χ0) is 13.4. The van der Waals surface area contributed by atoms with Gasteiger partial charge in [0, 0.05) is 26.1 Å². The number of hydrogen-bond acceptors (Lipinski definition) is 3. The van der Waals surface area contributed by atoms with E-state index in [1.807, 2.05) is 0 Å². The molecule has 0 heterocycles. The highest BCUT2D eigenvalue weighted by Crippen LogP contribution is 2.15. The second kappa shape index (κ2) is 7.32. The Kier molecular flexibility index (Phi) is 5.70. The van der Waals surface area contributed by atoms with E-state index in [2.05, 4.69) is 10.6 Å². The summed E-state index contributed by atoms with van der Waals surface area (Å²) >= 11 is 0. The van der Waals surface area contributed by atoms with Crippen LogP contribution < -0.4 is 15.4 Å². The second-order valence-electron chi connectivity index (χ2n) is 3.89. The van der Waals surface area contributed by atoms with Crippen LogP contribution >= 0.6 is 0 Å². The van der Waals surface area contributed by atoms with Crippen molar-refractivity contribution in [2.75, 3.05) is 18.5 Å². The monoisotopic (exact) mass is 250 g/mol. The fourth-order valence-corrected chi connectivity index (χ4v) is 1.36. The highest BCUT2D eigenvalue weighted by atomic mass is 16.5. The fourth-order valence-electron chi connectivity index (χ4n) is 1.36. The van der Waals surface area contributed by atoms with E-state index in [9.17, 15) is 9.59 Å². The maximum absolute atomic E-state index is 10.8. The number of benzene rings is 1. The Bertz CT molecular complexity index is 401. The SMILES string of the molecule is CC(=O)NCCCOc1ccc(NC(C)=O)cc1. The van der Waals surface area contributed by atoms with E-state index in [-0.39, 0.29) is 11.8 Å². The van der Waals surface area contributed by atoms with Gasteiger partial charge in [0.15, 0.2) is 0 Å². The average molecular weight is 250 g/mol. The van der Waals surface area contributed by atoms with Crippen molar-refractivity contribution in [3.05, 3.63) is 24.3 Å². The molecule has 0 unspecified atom stereocenters. The third-order valence-corrected chi connectivity index (χ3v) is 2.14. The number of carbonyl (C=O) groups excluding carboxylic acids is 2. The van der Waals surface area contributed by atoms with Crippen LogP contribution in [0.3, 0.4) is 0 Å². The topological polar surface area (TPSA) is 67.4 Å². The van der Waals surface area contributed by atoms with Crippen molar-refractivity contribution in [2.24, 2.45) is 0 Å². The van der Waals surface area contributed by atoms with Gasteiger partial charge in [-0.25, -0.2) is 0 Å². The quantitative estimate of drug-likeness (QED) is 0.753. The molecule has 0 bridgehead atoms. The van der Waals surface area contributed by atoms with E-state index in [4.69, 9.17) is 4.74 Å². The summed E-state index contributed by atoms with van der Waals surface area (Å²) in [5, 5.41) is 5.37. The van der Waals surface area contributed by atoms with Gasteiger partial charge >= 0.3 is 0 Å². The summed E-state index contributed by atoms with van der Waals surface area (Å²) in [4.78, 5) is 21.4. The summed E-state index contributed by atoms with van der Waals surface area (Å²) in [6.07, 6.45) is 0.757. The number of nitrogens with one attached hydrogen (secondary N) is 2. The van der Waals surface area contributed by atoms with Crippen LogP contribution in [0.1, 0.15) is 20.3 Å². The summed E-state index contributed by atoms with van der Waals surface area (Å²) in [6.45, 7) is 4.10. The molecule has 0 aliphatic rings. The molecule has 0 saturated carbocycles. The van der Waals surface area contributed by atoms with Crippen molar-refractivity contribution >= 4 is 17.5 Å². The van der Waals surface area contributed by atoms with E-state index in [0.717, 1.165) is 17.9 Å². The minimum Gasteiger partial charge on any atom is -0.494 e. The molecule has 0 saturated heterocycles. The molecule has 2 amide bonds. The molecule has 0 aliphatic carbocycles. The summed E-state index contributed by atoms with van der Waals surface area (Å²) < 4.78 is 5.48. The molecule has 0 aliphatic heterocycles. The van der Waals surface area contributed by atoms with E-state index >= 15 is 0 Å². The number of rotatable bonds is 6. The number of amides is 2. The molecule has 0 fully saturated rings. The van der Waals surface area contributed by atoms with Crippen LogP contribution in [0.2, 0.25) is 0 Å². The highest BCUT2D eigenvalue weighted by Gasteiger charge is 1.97. The molecule has 1 rings (SSSR count). The van der Waals surface area contributed by atoms with Crippen molar-refractivity contribution in [3.8, 4) is 5.75 Å². The van der Waals surface area contributed by atoms with Gasteiger partial charge in [0.1, 0.15) is 5.75 Å². The largest absolute Gasteiger partial charge is 0.494 e. The van der Waals surface area contributed by atoms with E-state index in [1.165, 1.54) is 13.8 Å². The van der Waals surface area contributed by atoms with Crippen LogP contribution in [-0.2, 0) is 9.59 Å². The number of hydrogen-bond donors (Lipinski definition) is 2. The van der Waals surface area contributed by atoms with Crippen LogP contribution in [0.5, 0.6) is 5.75 Å². The summed E-state index contributed by atoms with van der Waals surface area (Å²) in [5.41, 5.74) is 0.744. The van der Waals surface area contributed by atoms with Gasteiger partial charge in [-0.15, -0.1) is 0 Å². The standard InChI is InChI=1S/C13H18N2O3/c1-10(16)14-8-3-9-18-13-6-4-12(5-7-13)15-11(2)17/h4-7H,3,8-9H2,1-2H3,(H,14,16)(H,15,17). The Labute approximate surface area is 107 Å². The predicted octanol–water partition coefficient (Wildman–Crippen LogP) is 1.55. The van der Waals surface area contributed by atoms with Crippen LogP contribution in [0.25, 0.3) is 0 Å². The highest BCUT2D eigenvalue weighted by molar-refractivity contribution is 5.88. The van der Waals surface area contributed by atoms with E-state index in [0.29, 0.717) is 13.2 Å². The molecule has 0 aromatic heterocycles. The maximum atomic E-state index is 10.8. The molecule has 98 valence electrons. The van der Waals surface area contributed by atoms with Gasteiger partial charge in [0.2, 0.25) is 11.8 Å². The minimum atomic E-state index is -0.0982. The normalized spacial score (nSPS) is 9.67. The van der Waals surface area contributed by atoms with E-state index in [1.54, 1.807) is 24.3 Å². The van der Waals surface area contributed by atoms with Crippen molar-refractivity contribution in [2.45, 2.75) is 20.3 Å².